The maximum absolute atomic E-state index is 12.9. The Morgan fingerprint density at radius 3 is 2.83 bits per heavy atom. The van der Waals surface area contributed by atoms with Crippen molar-refractivity contribution in [1.82, 2.24) is 33.7 Å². The van der Waals surface area contributed by atoms with E-state index in [1.807, 2.05) is 23.8 Å². The Morgan fingerprint density at radius 2 is 2.03 bits per heavy atom. The molecule has 0 aromatic carbocycles. The number of aryl methyl sites for hydroxylation is 2. The van der Waals surface area contributed by atoms with Gasteiger partial charge < -0.3 is 5.32 Å². The Balaban J connectivity index is 1.56. The van der Waals surface area contributed by atoms with Gasteiger partial charge in [-0.25, -0.2) is 19.3 Å². The largest absolute Gasteiger partial charge is 0.330 e. The second kappa shape index (κ2) is 6.87. The van der Waals surface area contributed by atoms with E-state index in [1.54, 1.807) is 22.3 Å². The highest BCUT2D eigenvalue weighted by Crippen LogP contribution is 2.27. The molecule has 1 N–H and O–H groups in total. The van der Waals surface area contributed by atoms with E-state index in [9.17, 15) is 4.79 Å². The number of aromatic nitrogens is 7. The lowest BCUT2D eigenvalue weighted by atomic mass is 10.1. The molecule has 4 aromatic heterocycles. The molecule has 1 fully saturated rings. The number of nitrogens with zero attached hydrogens (tertiary/aromatic N) is 7. The van der Waals surface area contributed by atoms with E-state index in [4.69, 9.17) is 4.98 Å². The summed E-state index contributed by atoms with van der Waals surface area (Å²) in [4.78, 5) is 26.3. The van der Waals surface area contributed by atoms with Crippen molar-refractivity contribution in [3.05, 3.63) is 40.8 Å². The van der Waals surface area contributed by atoms with Crippen molar-refractivity contribution in [2.75, 3.05) is 23.1 Å². The van der Waals surface area contributed by atoms with Gasteiger partial charge in [-0.15, -0.1) is 0 Å². The standard InChI is InChI=1S/C19H23N8OS/c1-12-8-16-21-11-22-26(16)10-14(12)23-18-20-9-15-17(24-18)27(19(28)25(15)2)13-4-6-29(3)7-5-13/h8-11,13H,4-7H2,1-3H3,(H,20,23,24)/q+1. The van der Waals surface area contributed by atoms with Crippen LogP contribution in [0.2, 0.25) is 0 Å². The summed E-state index contributed by atoms with van der Waals surface area (Å²) in [6, 6.07) is 2.15. The Kier molecular flexibility index (Phi) is 4.30. The monoisotopic (exact) mass is 411 g/mol. The molecule has 0 atom stereocenters. The normalized spacial score (nSPS) is 19.8. The van der Waals surface area contributed by atoms with Gasteiger partial charge in [0, 0.05) is 25.9 Å². The zero-order chi connectivity index (χ0) is 20.1. The molecule has 29 heavy (non-hydrogen) atoms. The summed E-state index contributed by atoms with van der Waals surface area (Å²) in [5, 5.41) is 7.46. The molecule has 0 amide bonds. The molecule has 1 aliphatic heterocycles. The van der Waals surface area contributed by atoms with Crippen LogP contribution in [-0.2, 0) is 17.9 Å². The van der Waals surface area contributed by atoms with Gasteiger partial charge >= 0.3 is 5.69 Å². The summed E-state index contributed by atoms with van der Waals surface area (Å²) >= 11 is 0. The number of anilines is 2. The highest BCUT2D eigenvalue weighted by atomic mass is 32.2. The van der Waals surface area contributed by atoms with Gasteiger partial charge in [-0.1, -0.05) is 0 Å². The minimum atomic E-state index is -0.0189. The summed E-state index contributed by atoms with van der Waals surface area (Å²) < 4.78 is 5.22. The van der Waals surface area contributed by atoms with Crippen LogP contribution in [0.3, 0.4) is 0 Å². The molecule has 1 aliphatic rings. The SMILES string of the molecule is Cc1cc2ncnn2cc1Nc1ncc2c(n1)n(C1CC[S+](C)CC1)c(=O)n2C. The van der Waals surface area contributed by atoms with Crippen molar-refractivity contribution >= 4 is 39.3 Å². The predicted molar refractivity (Wildman–Crippen MR) is 115 cm³/mol. The molecule has 0 bridgehead atoms. The molecule has 0 aliphatic carbocycles. The number of imidazole rings is 1. The van der Waals surface area contributed by atoms with E-state index in [0.29, 0.717) is 22.5 Å². The zero-order valence-electron chi connectivity index (χ0n) is 16.7. The molecular weight excluding hydrogens is 388 g/mol. The highest BCUT2D eigenvalue weighted by Gasteiger charge is 2.29. The van der Waals surface area contributed by atoms with Crippen molar-refractivity contribution < 1.29 is 0 Å². The molecule has 0 radical (unpaired) electrons. The van der Waals surface area contributed by atoms with Crippen LogP contribution >= 0.6 is 0 Å². The first-order valence-corrected chi connectivity index (χ1v) is 11.6. The van der Waals surface area contributed by atoms with Crippen molar-refractivity contribution in [3.63, 3.8) is 0 Å². The molecule has 9 nitrogen and oxygen atoms in total. The molecule has 0 saturated carbocycles. The van der Waals surface area contributed by atoms with Gasteiger partial charge in [0.05, 0.1) is 24.3 Å². The third kappa shape index (κ3) is 3.07. The second-order valence-corrected chi connectivity index (χ2v) is 9.97. The number of pyridine rings is 1. The van der Waals surface area contributed by atoms with Crippen LogP contribution in [0.4, 0.5) is 11.6 Å². The third-order valence-electron chi connectivity index (χ3n) is 5.67. The number of hydrogen-bond donors (Lipinski definition) is 1. The molecule has 1 saturated heterocycles. The lowest BCUT2D eigenvalue weighted by Gasteiger charge is -2.21. The van der Waals surface area contributed by atoms with Gasteiger partial charge in [0.25, 0.3) is 0 Å². The molecule has 10 heteroatoms. The fraction of sp³-hybridized carbons (Fsp3) is 0.421. The molecule has 0 spiro atoms. The summed E-state index contributed by atoms with van der Waals surface area (Å²) in [6.45, 7) is 2.00. The lowest BCUT2D eigenvalue weighted by molar-refractivity contribution is 0.459. The number of hydrogen-bond acceptors (Lipinski definition) is 6. The van der Waals surface area contributed by atoms with E-state index in [-0.39, 0.29) is 11.7 Å². The predicted octanol–water partition coefficient (Wildman–Crippen LogP) is 1.81. The summed E-state index contributed by atoms with van der Waals surface area (Å²) in [7, 11) is 2.24. The van der Waals surface area contributed by atoms with Gasteiger partial charge in [0.1, 0.15) is 23.3 Å². The smallest absolute Gasteiger partial charge is 0.323 e. The summed E-state index contributed by atoms with van der Waals surface area (Å²) in [6.07, 6.45) is 9.46. The maximum atomic E-state index is 12.9. The molecular formula is C19H23N8OS+. The van der Waals surface area contributed by atoms with Gasteiger partial charge in [-0.05, 0) is 29.4 Å². The lowest BCUT2D eigenvalue weighted by Crippen LogP contribution is -2.32. The summed E-state index contributed by atoms with van der Waals surface area (Å²) in [5.74, 6) is 2.80. The van der Waals surface area contributed by atoms with Crippen LogP contribution in [0.1, 0.15) is 24.4 Å². The van der Waals surface area contributed by atoms with Crippen LogP contribution < -0.4 is 11.0 Å². The first-order chi connectivity index (χ1) is 14.0. The molecule has 4 aromatic rings. The third-order valence-corrected chi connectivity index (χ3v) is 7.53. The molecule has 150 valence electrons. The quantitative estimate of drug-likeness (QED) is 0.517. The van der Waals surface area contributed by atoms with E-state index >= 15 is 0 Å². The van der Waals surface area contributed by atoms with Crippen LogP contribution in [-0.4, -0.2) is 51.5 Å². The Hall–Kier alpha value is -2.88. The molecule has 0 unspecified atom stereocenters. The van der Waals surface area contributed by atoms with Gasteiger partial charge in [0.2, 0.25) is 5.95 Å². The number of fused-ring (bicyclic) bond motifs is 2. The van der Waals surface area contributed by atoms with E-state index in [0.717, 1.165) is 35.3 Å². The van der Waals surface area contributed by atoms with Crippen LogP contribution in [0.25, 0.3) is 16.8 Å². The van der Waals surface area contributed by atoms with E-state index < -0.39 is 0 Å². The van der Waals surface area contributed by atoms with E-state index in [1.165, 1.54) is 17.8 Å². The van der Waals surface area contributed by atoms with Crippen molar-refractivity contribution in [1.29, 1.82) is 0 Å². The first kappa shape index (κ1) is 18.2. The minimum Gasteiger partial charge on any atom is -0.323 e. The van der Waals surface area contributed by atoms with Crippen LogP contribution in [0, 0.1) is 6.92 Å². The van der Waals surface area contributed by atoms with Crippen LogP contribution in [0.15, 0.2) is 29.6 Å². The van der Waals surface area contributed by atoms with Crippen molar-refractivity contribution in [3.8, 4) is 0 Å². The van der Waals surface area contributed by atoms with Crippen LogP contribution in [0.5, 0.6) is 0 Å². The highest BCUT2D eigenvalue weighted by molar-refractivity contribution is 7.96. The molecule has 5 heterocycles. The van der Waals surface area contributed by atoms with Gasteiger partial charge in [-0.3, -0.25) is 9.13 Å². The Morgan fingerprint density at radius 1 is 1.24 bits per heavy atom. The van der Waals surface area contributed by atoms with Gasteiger partial charge in [0.15, 0.2) is 11.3 Å². The fourth-order valence-electron chi connectivity index (χ4n) is 3.91. The Labute approximate surface area is 170 Å². The first-order valence-electron chi connectivity index (χ1n) is 9.61. The second-order valence-electron chi connectivity index (χ2n) is 7.59. The molecule has 5 rings (SSSR count). The minimum absolute atomic E-state index is 0.0189. The average Bonchev–Trinajstić information content (AvgIpc) is 3.25. The zero-order valence-corrected chi connectivity index (χ0v) is 17.5. The van der Waals surface area contributed by atoms with E-state index in [2.05, 4.69) is 26.6 Å². The summed E-state index contributed by atoms with van der Waals surface area (Å²) in [5.41, 5.74) is 4.08. The Bertz CT molecular complexity index is 1260. The van der Waals surface area contributed by atoms with Crippen molar-refractivity contribution in [2.24, 2.45) is 7.05 Å². The topological polar surface area (TPSA) is 94.9 Å². The number of nitrogens with one attached hydrogen (secondary N) is 1. The number of rotatable bonds is 3. The van der Waals surface area contributed by atoms with Crippen molar-refractivity contribution in [2.45, 2.75) is 25.8 Å². The van der Waals surface area contributed by atoms with Gasteiger partial charge in [-0.2, -0.15) is 10.1 Å². The maximum Gasteiger partial charge on any atom is 0.330 e. The fourth-order valence-corrected chi connectivity index (χ4v) is 5.47. The average molecular weight is 412 g/mol.